The number of carbonyl (C=O) groups is 1. The molecule has 0 aliphatic carbocycles. The lowest BCUT2D eigenvalue weighted by atomic mass is 9.71. The number of rotatable bonds is 3. The van der Waals surface area contributed by atoms with Gasteiger partial charge in [-0.1, -0.05) is 27.7 Å². The third kappa shape index (κ3) is 3.89. The highest BCUT2D eigenvalue weighted by Gasteiger charge is 2.30. The summed E-state index contributed by atoms with van der Waals surface area (Å²) in [6, 6.07) is 0. The second-order valence-electron chi connectivity index (χ2n) is 6.47. The minimum absolute atomic E-state index is 0.294. The van der Waals surface area contributed by atoms with Gasteiger partial charge < -0.3 is 0 Å². The van der Waals surface area contributed by atoms with Crippen LogP contribution in [0.15, 0.2) is 0 Å². The van der Waals surface area contributed by atoms with Crippen LogP contribution in [0, 0.1) is 17.3 Å². The zero-order chi connectivity index (χ0) is 12.3. The normalized spacial score (nSPS) is 22.1. The standard InChI is InChI=1S/C14H27NO/c1-11(16)10-15-8-6-13(7-9-15)12(2)14(3,4)5/h12-13H,6-10H2,1-5H3/t12-/m1/s1. The van der Waals surface area contributed by atoms with Crippen molar-refractivity contribution < 1.29 is 4.79 Å². The average Bonchev–Trinajstić information content (AvgIpc) is 2.15. The molecule has 94 valence electrons. The van der Waals surface area contributed by atoms with Gasteiger partial charge in [0.2, 0.25) is 0 Å². The molecule has 2 nitrogen and oxygen atoms in total. The summed E-state index contributed by atoms with van der Waals surface area (Å²) in [6.07, 6.45) is 2.51. The lowest BCUT2D eigenvalue weighted by Crippen LogP contribution is -2.40. The molecule has 1 atom stereocenters. The largest absolute Gasteiger partial charge is 0.299 e. The van der Waals surface area contributed by atoms with E-state index in [0.29, 0.717) is 17.7 Å². The summed E-state index contributed by atoms with van der Waals surface area (Å²) >= 11 is 0. The monoisotopic (exact) mass is 225 g/mol. The van der Waals surface area contributed by atoms with Crippen LogP contribution in [-0.2, 0) is 4.79 Å². The molecule has 0 radical (unpaired) electrons. The Kier molecular flexibility index (Phi) is 4.54. The zero-order valence-corrected chi connectivity index (χ0v) is 11.5. The third-order valence-electron chi connectivity index (χ3n) is 4.15. The molecule has 0 aromatic carbocycles. The molecular weight excluding hydrogens is 198 g/mol. The SMILES string of the molecule is CC(=O)CN1CCC([C@@H](C)C(C)(C)C)CC1. The topological polar surface area (TPSA) is 20.3 Å². The second-order valence-corrected chi connectivity index (χ2v) is 6.47. The lowest BCUT2D eigenvalue weighted by molar-refractivity contribution is -0.118. The van der Waals surface area contributed by atoms with Crippen LogP contribution >= 0.6 is 0 Å². The van der Waals surface area contributed by atoms with Crippen molar-refractivity contribution in [2.75, 3.05) is 19.6 Å². The Labute approximate surface area is 100 Å². The van der Waals surface area contributed by atoms with Gasteiger partial charge in [0.1, 0.15) is 5.78 Å². The third-order valence-corrected chi connectivity index (χ3v) is 4.15. The Balaban J connectivity index is 2.40. The number of hydrogen-bond donors (Lipinski definition) is 0. The van der Waals surface area contributed by atoms with Crippen LogP contribution in [0.5, 0.6) is 0 Å². The molecule has 1 fully saturated rings. The Hall–Kier alpha value is -0.370. The van der Waals surface area contributed by atoms with Gasteiger partial charge in [-0.05, 0) is 50.1 Å². The average molecular weight is 225 g/mol. The molecule has 1 rings (SSSR count). The molecular formula is C14H27NO. The van der Waals surface area contributed by atoms with E-state index in [-0.39, 0.29) is 0 Å². The van der Waals surface area contributed by atoms with Crippen molar-refractivity contribution in [3.05, 3.63) is 0 Å². The molecule has 0 aromatic heterocycles. The molecule has 0 spiro atoms. The quantitative estimate of drug-likeness (QED) is 0.736. The predicted octanol–water partition coefficient (Wildman–Crippen LogP) is 2.97. The van der Waals surface area contributed by atoms with E-state index in [2.05, 4.69) is 32.6 Å². The summed E-state index contributed by atoms with van der Waals surface area (Å²) in [5, 5.41) is 0. The van der Waals surface area contributed by atoms with Gasteiger partial charge in [-0.25, -0.2) is 0 Å². The molecule has 0 N–H and O–H groups in total. The molecule has 0 bridgehead atoms. The van der Waals surface area contributed by atoms with Crippen LogP contribution in [-0.4, -0.2) is 30.3 Å². The van der Waals surface area contributed by atoms with Gasteiger partial charge >= 0.3 is 0 Å². The summed E-state index contributed by atoms with van der Waals surface area (Å²) in [5.74, 6) is 1.90. The van der Waals surface area contributed by atoms with Crippen LogP contribution in [0.1, 0.15) is 47.5 Å². The highest BCUT2D eigenvalue weighted by atomic mass is 16.1. The first-order valence-corrected chi connectivity index (χ1v) is 6.52. The fourth-order valence-electron chi connectivity index (χ4n) is 2.63. The Morgan fingerprint density at radius 1 is 1.31 bits per heavy atom. The van der Waals surface area contributed by atoms with E-state index >= 15 is 0 Å². The summed E-state index contributed by atoms with van der Waals surface area (Å²) in [6.45, 7) is 13.9. The molecule has 0 aromatic rings. The first-order valence-electron chi connectivity index (χ1n) is 6.52. The molecule has 1 saturated heterocycles. The van der Waals surface area contributed by atoms with Crippen molar-refractivity contribution >= 4 is 5.78 Å². The number of nitrogens with zero attached hydrogens (tertiary/aromatic N) is 1. The van der Waals surface area contributed by atoms with E-state index < -0.39 is 0 Å². The maximum absolute atomic E-state index is 11.0. The van der Waals surface area contributed by atoms with E-state index in [1.807, 2.05) is 0 Å². The van der Waals surface area contributed by atoms with E-state index in [4.69, 9.17) is 0 Å². The molecule has 1 aliphatic rings. The van der Waals surface area contributed by atoms with Crippen LogP contribution in [0.4, 0.5) is 0 Å². The van der Waals surface area contributed by atoms with Gasteiger partial charge in [-0.15, -0.1) is 0 Å². The van der Waals surface area contributed by atoms with Gasteiger partial charge in [-0.3, -0.25) is 9.69 Å². The number of likely N-dealkylation sites (tertiary alicyclic amines) is 1. The maximum atomic E-state index is 11.0. The van der Waals surface area contributed by atoms with Crippen molar-refractivity contribution in [2.24, 2.45) is 17.3 Å². The van der Waals surface area contributed by atoms with Crippen molar-refractivity contribution in [3.63, 3.8) is 0 Å². The summed E-state index contributed by atoms with van der Waals surface area (Å²) in [5.41, 5.74) is 0.410. The number of hydrogen-bond acceptors (Lipinski definition) is 2. The Morgan fingerprint density at radius 3 is 2.19 bits per heavy atom. The molecule has 0 saturated carbocycles. The summed E-state index contributed by atoms with van der Waals surface area (Å²) in [4.78, 5) is 13.3. The number of ketones is 1. The van der Waals surface area contributed by atoms with Crippen molar-refractivity contribution in [1.82, 2.24) is 4.90 Å². The van der Waals surface area contributed by atoms with Crippen LogP contribution < -0.4 is 0 Å². The van der Waals surface area contributed by atoms with E-state index in [1.165, 1.54) is 12.8 Å². The van der Waals surface area contributed by atoms with Gasteiger partial charge in [-0.2, -0.15) is 0 Å². The Bertz CT molecular complexity index is 234. The van der Waals surface area contributed by atoms with Crippen molar-refractivity contribution in [2.45, 2.75) is 47.5 Å². The van der Waals surface area contributed by atoms with Gasteiger partial charge in [0, 0.05) is 0 Å². The number of carbonyl (C=O) groups excluding carboxylic acids is 1. The van der Waals surface area contributed by atoms with Crippen LogP contribution in [0.3, 0.4) is 0 Å². The number of Topliss-reactive ketones (excluding diaryl/α,β-unsaturated/α-hetero) is 1. The van der Waals surface area contributed by atoms with E-state index in [0.717, 1.165) is 24.9 Å². The highest BCUT2D eigenvalue weighted by molar-refractivity contribution is 5.77. The lowest BCUT2D eigenvalue weighted by Gasteiger charge is -2.39. The predicted molar refractivity (Wildman–Crippen MR) is 68.5 cm³/mol. The second kappa shape index (κ2) is 5.31. The molecule has 1 aliphatic heterocycles. The van der Waals surface area contributed by atoms with Gasteiger partial charge in [0.15, 0.2) is 0 Å². The van der Waals surface area contributed by atoms with Gasteiger partial charge in [0.25, 0.3) is 0 Å². The fourth-order valence-corrected chi connectivity index (χ4v) is 2.63. The molecule has 1 heterocycles. The van der Waals surface area contributed by atoms with Crippen molar-refractivity contribution in [1.29, 1.82) is 0 Å². The zero-order valence-electron chi connectivity index (χ0n) is 11.5. The van der Waals surface area contributed by atoms with Crippen LogP contribution in [0.2, 0.25) is 0 Å². The molecule has 16 heavy (non-hydrogen) atoms. The molecule has 0 unspecified atom stereocenters. The summed E-state index contributed by atoms with van der Waals surface area (Å²) < 4.78 is 0. The van der Waals surface area contributed by atoms with Crippen LogP contribution in [0.25, 0.3) is 0 Å². The minimum atomic E-state index is 0.294. The van der Waals surface area contributed by atoms with Crippen molar-refractivity contribution in [3.8, 4) is 0 Å². The number of piperidine rings is 1. The first kappa shape index (κ1) is 13.7. The van der Waals surface area contributed by atoms with E-state index in [9.17, 15) is 4.79 Å². The maximum Gasteiger partial charge on any atom is 0.143 e. The van der Waals surface area contributed by atoms with Gasteiger partial charge in [0.05, 0.1) is 6.54 Å². The summed E-state index contributed by atoms with van der Waals surface area (Å²) in [7, 11) is 0. The smallest absolute Gasteiger partial charge is 0.143 e. The Morgan fingerprint density at radius 2 is 1.81 bits per heavy atom. The fraction of sp³-hybridized carbons (Fsp3) is 0.929. The molecule has 2 heteroatoms. The highest BCUT2D eigenvalue weighted by Crippen LogP contribution is 2.36. The molecule has 0 amide bonds. The minimum Gasteiger partial charge on any atom is -0.299 e. The van der Waals surface area contributed by atoms with E-state index in [1.54, 1.807) is 6.92 Å². The first-order chi connectivity index (χ1) is 7.30.